The molecule has 94 valence electrons. The first-order valence-corrected chi connectivity index (χ1v) is 6.11. The Balaban J connectivity index is 2.03. The summed E-state index contributed by atoms with van der Waals surface area (Å²) in [6, 6.07) is 9.81. The summed E-state index contributed by atoms with van der Waals surface area (Å²) in [5.41, 5.74) is 2.22. The van der Waals surface area contributed by atoms with Crippen molar-refractivity contribution in [1.82, 2.24) is 4.90 Å². The number of benzene rings is 1. The summed E-state index contributed by atoms with van der Waals surface area (Å²) in [4.78, 5) is 13.9. The summed E-state index contributed by atoms with van der Waals surface area (Å²) < 4.78 is 0. The zero-order chi connectivity index (χ0) is 13.1. The molecule has 1 N–H and O–H groups in total. The quantitative estimate of drug-likeness (QED) is 0.880. The molecule has 0 saturated carbocycles. The maximum absolute atomic E-state index is 12.3. The molecule has 0 spiro atoms. The van der Waals surface area contributed by atoms with Crippen LogP contribution < -0.4 is 5.32 Å². The minimum absolute atomic E-state index is 0.0481. The molecule has 1 aliphatic rings. The SMILES string of the molecule is CC(CC#N)N(C)C(=O)C1Cc2ccccc2N1. The lowest BCUT2D eigenvalue weighted by atomic mass is 10.1. The van der Waals surface area contributed by atoms with E-state index in [9.17, 15) is 4.79 Å². The second-order valence-corrected chi connectivity index (χ2v) is 4.72. The molecule has 18 heavy (non-hydrogen) atoms. The molecule has 0 saturated heterocycles. The molecule has 4 nitrogen and oxygen atoms in total. The summed E-state index contributed by atoms with van der Waals surface area (Å²) in [5, 5.41) is 11.9. The van der Waals surface area contributed by atoms with Gasteiger partial charge in [-0.3, -0.25) is 4.79 Å². The first-order valence-electron chi connectivity index (χ1n) is 6.11. The first kappa shape index (κ1) is 12.4. The van der Waals surface area contributed by atoms with Gasteiger partial charge in [0, 0.05) is 25.2 Å². The number of para-hydroxylation sites is 1. The Hall–Kier alpha value is -2.02. The highest BCUT2D eigenvalue weighted by atomic mass is 16.2. The summed E-state index contributed by atoms with van der Waals surface area (Å²) in [6.07, 6.45) is 1.08. The van der Waals surface area contributed by atoms with E-state index in [2.05, 4.69) is 11.4 Å². The third-order valence-corrected chi connectivity index (χ3v) is 3.46. The lowest BCUT2D eigenvalue weighted by Crippen LogP contribution is -2.44. The Morgan fingerprint density at radius 1 is 1.61 bits per heavy atom. The summed E-state index contributed by atoms with van der Waals surface area (Å²) in [7, 11) is 1.76. The Labute approximate surface area is 107 Å². The Kier molecular flexibility index (Phi) is 3.52. The zero-order valence-electron chi connectivity index (χ0n) is 10.7. The molecule has 4 heteroatoms. The van der Waals surface area contributed by atoms with Gasteiger partial charge >= 0.3 is 0 Å². The molecule has 2 unspecified atom stereocenters. The topological polar surface area (TPSA) is 56.1 Å². The van der Waals surface area contributed by atoms with Gasteiger partial charge in [0.1, 0.15) is 6.04 Å². The van der Waals surface area contributed by atoms with Crippen LogP contribution in [0.3, 0.4) is 0 Å². The number of rotatable bonds is 3. The maximum Gasteiger partial charge on any atom is 0.245 e. The smallest absolute Gasteiger partial charge is 0.245 e. The number of amides is 1. The molecular weight excluding hydrogens is 226 g/mol. The van der Waals surface area contributed by atoms with Crippen molar-refractivity contribution in [2.24, 2.45) is 0 Å². The lowest BCUT2D eigenvalue weighted by molar-refractivity contribution is -0.132. The molecule has 0 fully saturated rings. The van der Waals surface area contributed by atoms with Gasteiger partial charge in [-0.15, -0.1) is 0 Å². The molecule has 0 aliphatic carbocycles. The van der Waals surface area contributed by atoms with E-state index in [1.807, 2.05) is 31.2 Å². The lowest BCUT2D eigenvalue weighted by Gasteiger charge is -2.26. The van der Waals surface area contributed by atoms with Gasteiger partial charge in [-0.05, 0) is 18.6 Å². The predicted octanol–water partition coefficient (Wildman–Crippen LogP) is 1.78. The van der Waals surface area contributed by atoms with Crippen LogP contribution in [0.25, 0.3) is 0 Å². The minimum Gasteiger partial charge on any atom is -0.373 e. The van der Waals surface area contributed by atoms with Gasteiger partial charge in [-0.25, -0.2) is 0 Å². The fourth-order valence-electron chi connectivity index (χ4n) is 2.18. The van der Waals surface area contributed by atoms with Crippen LogP contribution in [0, 0.1) is 11.3 Å². The molecule has 0 bridgehead atoms. The van der Waals surface area contributed by atoms with Crippen molar-refractivity contribution in [3.8, 4) is 6.07 Å². The van der Waals surface area contributed by atoms with Crippen molar-refractivity contribution in [3.05, 3.63) is 29.8 Å². The number of nitrogens with zero attached hydrogens (tertiary/aromatic N) is 2. The standard InChI is InChI=1S/C14H17N3O/c1-10(7-8-15)17(2)14(18)13-9-11-5-3-4-6-12(11)16-13/h3-6,10,13,16H,7,9H2,1-2H3. The van der Waals surface area contributed by atoms with E-state index in [0.29, 0.717) is 6.42 Å². The summed E-state index contributed by atoms with van der Waals surface area (Å²) in [6.45, 7) is 1.89. The van der Waals surface area contributed by atoms with Crippen LogP contribution in [0.4, 0.5) is 5.69 Å². The van der Waals surface area contributed by atoms with Gasteiger partial charge in [-0.2, -0.15) is 5.26 Å². The number of anilines is 1. The van der Waals surface area contributed by atoms with Gasteiger partial charge in [0.25, 0.3) is 0 Å². The molecule has 1 aliphatic heterocycles. The van der Waals surface area contributed by atoms with Gasteiger partial charge in [-0.1, -0.05) is 18.2 Å². The second-order valence-electron chi connectivity index (χ2n) is 4.72. The predicted molar refractivity (Wildman–Crippen MR) is 70.0 cm³/mol. The molecule has 0 radical (unpaired) electrons. The zero-order valence-corrected chi connectivity index (χ0v) is 10.7. The molecule has 0 aromatic heterocycles. The highest BCUT2D eigenvalue weighted by Crippen LogP contribution is 2.26. The van der Waals surface area contributed by atoms with Crippen molar-refractivity contribution in [2.45, 2.75) is 31.8 Å². The Morgan fingerprint density at radius 3 is 3.00 bits per heavy atom. The average Bonchev–Trinajstić information content (AvgIpc) is 2.81. The maximum atomic E-state index is 12.3. The van der Waals surface area contributed by atoms with Gasteiger partial charge in [0.05, 0.1) is 12.5 Å². The fourth-order valence-corrected chi connectivity index (χ4v) is 2.18. The number of likely N-dealkylation sites (N-methyl/N-ethyl adjacent to an activating group) is 1. The molecule has 1 heterocycles. The van der Waals surface area contributed by atoms with Gasteiger partial charge < -0.3 is 10.2 Å². The van der Waals surface area contributed by atoms with Crippen LogP contribution in [0.2, 0.25) is 0 Å². The van der Waals surface area contributed by atoms with E-state index in [-0.39, 0.29) is 18.0 Å². The average molecular weight is 243 g/mol. The molecule has 2 atom stereocenters. The number of hydrogen-bond acceptors (Lipinski definition) is 3. The van der Waals surface area contributed by atoms with E-state index in [1.54, 1.807) is 11.9 Å². The van der Waals surface area contributed by atoms with Crippen LogP contribution in [-0.2, 0) is 11.2 Å². The molecule has 1 amide bonds. The van der Waals surface area contributed by atoms with Gasteiger partial charge in [0.2, 0.25) is 5.91 Å². The van der Waals surface area contributed by atoms with E-state index >= 15 is 0 Å². The number of fused-ring (bicyclic) bond motifs is 1. The Morgan fingerprint density at radius 2 is 2.33 bits per heavy atom. The fraction of sp³-hybridized carbons (Fsp3) is 0.429. The minimum atomic E-state index is -0.200. The first-order chi connectivity index (χ1) is 8.63. The highest BCUT2D eigenvalue weighted by Gasteiger charge is 2.30. The third-order valence-electron chi connectivity index (χ3n) is 3.46. The van der Waals surface area contributed by atoms with Crippen LogP contribution in [-0.4, -0.2) is 29.9 Å². The van der Waals surface area contributed by atoms with E-state index < -0.39 is 0 Å². The molecular formula is C14H17N3O. The largest absolute Gasteiger partial charge is 0.373 e. The van der Waals surface area contributed by atoms with Crippen molar-refractivity contribution in [1.29, 1.82) is 5.26 Å². The summed E-state index contributed by atoms with van der Waals surface area (Å²) in [5.74, 6) is 0.0500. The van der Waals surface area contributed by atoms with Crippen LogP contribution in [0.5, 0.6) is 0 Å². The van der Waals surface area contributed by atoms with Gasteiger partial charge in [0.15, 0.2) is 0 Å². The Bertz CT molecular complexity index is 467. The van der Waals surface area contributed by atoms with E-state index in [1.165, 1.54) is 5.56 Å². The summed E-state index contributed by atoms with van der Waals surface area (Å²) >= 11 is 0. The third kappa shape index (κ3) is 2.30. The van der Waals surface area contributed by atoms with Crippen molar-refractivity contribution >= 4 is 11.6 Å². The van der Waals surface area contributed by atoms with Crippen LogP contribution >= 0.6 is 0 Å². The highest BCUT2D eigenvalue weighted by molar-refractivity contribution is 5.87. The van der Waals surface area contributed by atoms with Crippen molar-refractivity contribution in [2.75, 3.05) is 12.4 Å². The number of carbonyl (C=O) groups is 1. The number of nitriles is 1. The number of carbonyl (C=O) groups excluding carboxylic acids is 1. The van der Waals surface area contributed by atoms with Crippen molar-refractivity contribution < 1.29 is 4.79 Å². The molecule has 1 aromatic carbocycles. The van der Waals surface area contributed by atoms with Crippen LogP contribution in [0.15, 0.2) is 24.3 Å². The second kappa shape index (κ2) is 5.09. The monoisotopic (exact) mass is 243 g/mol. The number of nitrogens with one attached hydrogen (secondary N) is 1. The van der Waals surface area contributed by atoms with E-state index in [0.717, 1.165) is 12.1 Å². The normalized spacial score (nSPS) is 18.4. The van der Waals surface area contributed by atoms with Crippen LogP contribution in [0.1, 0.15) is 18.9 Å². The molecule has 1 aromatic rings. The number of hydrogen-bond donors (Lipinski definition) is 1. The van der Waals surface area contributed by atoms with E-state index in [4.69, 9.17) is 5.26 Å². The molecule has 2 rings (SSSR count). The van der Waals surface area contributed by atoms with Crippen molar-refractivity contribution in [3.63, 3.8) is 0 Å².